The number of aromatic nitrogens is 5. The standard InChI is InChI=1S/C16H16N8O/c1-3-12-8(2)22-24(23-12)9-4-5-10(13(25)6-9)14-11(7-17)15(18)21-16(19)20-14/h4-6,25H,3H2,1-2H3,(H4,18,19,20,21). The van der Waals surface area contributed by atoms with Gasteiger partial charge in [-0.15, -0.1) is 0 Å². The number of benzene rings is 1. The summed E-state index contributed by atoms with van der Waals surface area (Å²) in [6.45, 7) is 3.87. The van der Waals surface area contributed by atoms with E-state index in [4.69, 9.17) is 11.5 Å². The number of phenols is 1. The quantitative estimate of drug-likeness (QED) is 0.647. The molecule has 0 radical (unpaired) electrons. The van der Waals surface area contributed by atoms with Crippen molar-refractivity contribution in [2.45, 2.75) is 20.3 Å². The Labute approximate surface area is 143 Å². The number of nitrogens with two attached hydrogens (primary N) is 2. The predicted octanol–water partition coefficient (Wildman–Crippen LogP) is 1.34. The van der Waals surface area contributed by atoms with Gasteiger partial charge in [0.05, 0.1) is 22.8 Å². The van der Waals surface area contributed by atoms with Crippen molar-refractivity contribution in [2.75, 3.05) is 11.5 Å². The molecule has 1 aromatic carbocycles. The van der Waals surface area contributed by atoms with Crippen molar-refractivity contribution in [3.05, 3.63) is 35.2 Å². The lowest BCUT2D eigenvalue weighted by Gasteiger charge is -2.09. The van der Waals surface area contributed by atoms with Gasteiger partial charge in [0.15, 0.2) is 0 Å². The van der Waals surface area contributed by atoms with E-state index >= 15 is 0 Å². The number of hydrogen-bond donors (Lipinski definition) is 3. The Morgan fingerprint density at radius 2 is 2.00 bits per heavy atom. The zero-order valence-electron chi connectivity index (χ0n) is 13.7. The Morgan fingerprint density at radius 1 is 1.24 bits per heavy atom. The number of anilines is 2. The van der Waals surface area contributed by atoms with Crippen molar-refractivity contribution in [1.29, 1.82) is 5.26 Å². The minimum atomic E-state index is -0.0977. The second-order valence-electron chi connectivity index (χ2n) is 5.38. The predicted molar refractivity (Wildman–Crippen MR) is 91.7 cm³/mol. The molecule has 9 nitrogen and oxygen atoms in total. The lowest BCUT2D eigenvalue weighted by Crippen LogP contribution is -2.05. The Hall–Kier alpha value is -3.67. The minimum Gasteiger partial charge on any atom is -0.507 e. The third-order valence-electron chi connectivity index (χ3n) is 3.75. The van der Waals surface area contributed by atoms with Gasteiger partial charge in [-0.1, -0.05) is 6.92 Å². The van der Waals surface area contributed by atoms with E-state index in [1.54, 1.807) is 12.1 Å². The topological polar surface area (TPSA) is 153 Å². The molecule has 2 heterocycles. The van der Waals surface area contributed by atoms with Gasteiger partial charge in [0.25, 0.3) is 0 Å². The van der Waals surface area contributed by atoms with Crippen LogP contribution in [0.3, 0.4) is 0 Å². The fourth-order valence-corrected chi connectivity index (χ4v) is 2.50. The number of nitriles is 1. The molecule has 0 fully saturated rings. The largest absolute Gasteiger partial charge is 0.507 e. The summed E-state index contributed by atoms with van der Waals surface area (Å²) in [7, 11) is 0. The van der Waals surface area contributed by atoms with Crippen LogP contribution in [0.4, 0.5) is 11.8 Å². The van der Waals surface area contributed by atoms with Crippen LogP contribution >= 0.6 is 0 Å². The van der Waals surface area contributed by atoms with Crippen LogP contribution in [-0.2, 0) is 6.42 Å². The monoisotopic (exact) mass is 336 g/mol. The van der Waals surface area contributed by atoms with E-state index in [2.05, 4.69) is 20.2 Å². The van der Waals surface area contributed by atoms with E-state index in [0.29, 0.717) is 11.3 Å². The molecule has 0 aliphatic carbocycles. The summed E-state index contributed by atoms with van der Waals surface area (Å²) >= 11 is 0. The van der Waals surface area contributed by atoms with Crippen molar-refractivity contribution in [1.82, 2.24) is 25.0 Å². The van der Waals surface area contributed by atoms with Crippen LogP contribution in [0.2, 0.25) is 0 Å². The number of nitrogen functional groups attached to an aromatic ring is 2. The van der Waals surface area contributed by atoms with Crippen molar-refractivity contribution in [3.8, 4) is 28.8 Å². The molecule has 3 rings (SSSR count). The molecule has 0 saturated carbocycles. The summed E-state index contributed by atoms with van der Waals surface area (Å²) in [6.07, 6.45) is 0.765. The molecule has 0 saturated heterocycles. The molecule has 0 bridgehead atoms. The van der Waals surface area contributed by atoms with E-state index in [1.807, 2.05) is 19.9 Å². The lowest BCUT2D eigenvalue weighted by molar-refractivity contribution is 0.476. The summed E-state index contributed by atoms with van der Waals surface area (Å²) in [5.74, 6) is -0.211. The number of rotatable bonds is 3. The number of hydrogen-bond acceptors (Lipinski definition) is 8. The number of aromatic hydroxyl groups is 1. The van der Waals surface area contributed by atoms with Crippen molar-refractivity contribution < 1.29 is 5.11 Å². The zero-order valence-corrected chi connectivity index (χ0v) is 13.7. The fraction of sp³-hybridized carbons (Fsp3) is 0.188. The first-order valence-electron chi connectivity index (χ1n) is 7.54. The van der Waals surface area contributed by atoms with Gasteiger partial charge >= 0.3 is 0 Å². The van der Waals surface area contributed by atoms with Crippen LogP contribution in [0.25, 0.3) is 16.9 Å². The van der Waals surface area contributed by atoms with Crippen LogP contribution in [0.1, 0.15) is 23.9 Å². The third kappa shape index (κ3) is 2.81. The second-order valence-corrected chi connectivity index (χ2v) is 5.38. The van der Waals surface area contributed by atoms with Gasteiger partial charge in [-0.05, 0) is 25.5 Å². The van der Waals surface area contributed by atoms with E-state index in [1.165, 1.54) is 10.9 Å². The fourth-order valence-electron chi connectivity index (χ4n) is 2.50. The maximum Gasteiger partial charge on any atom is 0.222 e. The number of aryl methyl sites for hydroxylation is 2. The summed E-state index contributed by atoms with van der Waals surface area (Å²) in [5.41, 5.74) is 14.2. The highest BCUT2D eigenvalue weighted by molar-refractivity contribution is 5.77. The van der Waals surface area contributed by atoms with Gasteiger partial charge < -0.3 is 16.6 Å². The first-order valence-corrected chi connectivity index (χ1v) is 7.54. The summed E-state index contributed by atoms with van der Waals surface area (Å²) in [6, 6.07) is 6.74. The first-order chi connectivity index (χ1) is 11.9. The molecule has 126 valence electrons. The molecular formula is C16H16N8O. The molecule has 9 heteroatoms. The molecule has 5 N–H and O–H groups in total. The Morgan fingerprint density at radius 3 is 2.60 bits per heavy atom. The van der Waals surface area contributed by atoms with E-state index in [0.717, 1.165) is 17.8 Å². The highest BCUT2D eigenvalue weighted by Gasteiger charge is 2.17. The van der Waals surface area contributed by atoms with Crippen molar-refractivity contribution in [2.24, 2.45) is 0 Å². The van der Waals surface area contributed by atoms with Crippen LogP contribution in [0.5, 0.6) is 5.75 Å². The van der Waals surface area contributed by atoms with Gasteiger partial charge in [-0.2, -0.15) is 25.2 Å². The highest BCUT2D eigenvalue weighted by atomic mass is 16.3. The van der Waals surface area contributed by atoms with Gasteiger partial charge in [-0.3, -0.25) is 0 Å². The van der Waals surface area contributed by atoms with Gasteiger partial charge in [0.2, 0.25) is 5.95 Å². The molecule has 2 aromatic heterocycles. The van der Waals surface area contributed by atoms with E-state index in [9.17, 15) is 10.4 Å². The average Bonchev–Trinajstić information content (AvgIpc) is 2.95. The van der Waals surface area contributed by atoms with Crippen LogP contribution in [0, 0.1) is 18.3 Å². The molecule has 0 unspecified atom stereocenters. The molecule has 0 atom stereocenters. The van der Waals surface area contributed by atoms with Crippen LogP contribution in [-0.4, -0.2) is 30.1 Å². The van der Waals surface area contributed by atoms with Gasteiger partial charge in [0.1, 0.15) is 23.2 Å². The minimum absolute atomic E-state index is 0.0366. The summed E-state index contributed by atoms with van der Waals surface area (Å²) in [5, 5.41) is 28.4. The maximum absolute atomic E-state index is 10.4. The highest BCUT2D eigenvalue weighted by Crippen LogP contribution is 2.33. The molecule has 0 aliphatic heterocycles. The first kappa shape index (κ1) is 16.2. The van der Waals surface area contributed by atoms with Gasteiger partial charge in [0, 0.05) is 11.6 Å². The summed E-state index contributed by atoms with van der Waals surface area (Å²) in [4.78, 5) is 9.25. The SMILES string of the molecule is CCc1nn(-c2ccc(-c3nc(N)nc(N)c3C#N)c(O)c2)nc1C. The van der Waals surface area contributed by atoms with Crippen LogP contribution < -0.4 is 11.5 Å². The number of nitrogens with zero attached hydrogens (tertiary/aromatic N) is 6. The number of phenolic OH excluding ortho intramolecular Hbond substituents is 1. The maximum atomic E-state index is 10.4. The van der Waals surface area contributed by atoms with Crippen LogP contribution in [0.15, 0.2) is 18.2 Å². The molecular weight excluding hydrogens is 320 g/mol. The second kappa shape index (κ2) is 6.09. The normalized spacial score (nSPS) is 10.6. The third-order valence-corrected chi connectivity index (χ3v) is 3.75. The van der Waals surface area contributed by atoms with E-state index in [-0.39, 0.29) is 28.8 Å². The Balaban J connectivity index is 2.11. The van der Waals surface area contributed by atoms with Crippen molar-refractivity contribution >= 4 is 11.8 Å². The van der Waals surface area contributed by atoms with Crippen molar-refractivity contribution in [3.63, 3.8) is 0 Å². The van der Waals surface area contributed by atoms with Gasteiger partial charge in [-0.25, -0.2) is 4.98 Å². The molecule has 25 heavy (non-hydrogen) atoms. The molecule has 0 spiro atoms. The smallest absolute Gasteiger partial charge is 0.222 e. The van der Waals surface area contributed by atoms with E-state index < -0.39 is 0 Å². The molecule has 3 aromatic rings. The zero-order chi connectivity index (χ0) is 18.1. The lowest BCUT2D eigenvalue weighted by atomic mass is 10.1. The molecule has 0 aliphatic rings. The Kier molecular flexibility index (Phi) is 3.94. The molecule has 0 amide bonds. The average molecular weight is 336 g/mol. The summed E-state index contributed by atoms with van der Waals surface area (Å²) < 4.78 is 0. The Bertz CT molecular complexity index is 1000.